The van der Waals surface area contributed by atoms with E-state index in [0.29, 0.717) is 5.92 Å². The van der Waals surface area contributed by atoms with Crippen LogP contribution in [0.15, 0.2) is 48.5 Å². The molecule has 1 N–H and O–H groups in total. The molecule has 0 spiro atoms. The highest BCUT2D eigenvalue weighted by Crippen LogP contribution is 2.41. The van der Waals surface area contributed by atoms with Crippen molar-refractivity contribution in [2.45, 2.75) is 32.3 Å². The molecule has 0 bridgehead atoms. The number of aryl methyl sites for hydroxylation is 1. The number of aliphatic hydroxyl groups excluding tert-OH is 1. The zero-order chi connectivity index (χ0) is 13.2. The van der Waals surface area contributed by atoms with Crippen molar-refractivity contribution >= 4 is 0 Å². The van der Waals surface area contributed by atoms with Crippen LogP contribution in [-0.2, 0) is 6.42 Å². The number of rotatable bonds is 4. The van der Waals surface area contributed by atoms with E-state index < -0.39 is 0 Å². The monoisotopic (exact) mass is 252 g/mol. The summed E-state index contributed by atoms with van der Waals surface area (Å²) in [6, 6.07) is 17.1. The highest BCUT2D eigenvalue weighted by atomic mass is 16.3. The van der Waals surface area contributed by atoms with Crippen LogP contribution < -0.4 is 0 Å². The Kier molecular flexibility index (Phi) is 3.39. The molecule has 1 fully saturated rings. The van der Waals surface area contributed by atoms with E-state index in [1.165, 1.54) is 29.5 Å². The van der Waals surface area contributed by atoms with Gasteiger partial charge >= 0.3 is 0 Å². The largest absolute Gasteiger partial charge is 0.388 e. The molecule has 0 heterocycles. The van der Waals surface area contributed by atoms with Gasteiger partial charge in [0, 0.05) is 0 Å². The second-order valence-electron chi connectivity index (χ2n) is 5.45. The van der Waals surface area contributed by atoms with Crippen LogP contribution in [0.3, 0.4) is 0 Å². The first kappa shape index (κ1) is 12.4. The fourth-order valence-electron chi connectivity index (χ4n) is 2.49. The van der Waals surface area contributed by atoms with Gasteiger partial charge in [-0.25, -0.2) is 0 Å². The molecule has 2 aromatic carbocycles. The molecule has 0 aromatic heterocycles. The third-order valence-electron chi connectivity index (χ3n) is 4.02. The van der Waals surface area contributed by atoms with Crippen LogP contribution in [0.1, 0.15) is 37.0 Å². The van der Waals surface area contributed by atoms with E-state index in [9.17, 15) is 5.11 Å². The Morgan fingerprint density at radius 1 is 0.947 bits per heavy atom. The molecule has 19 heavy (non-hydrogen) atoms. The van der Waals surface area contributed by atoms with Crippen LogP contribution >= 0.6 is 0 Å². The Balaban J connectivity index is 1.80. The second-order valence-corrected chi connectivity index (χ2v) is 5.45. The molecule has 0 radical (unpaired) electrons. The molecule has 1 saturated carbocycles. The van der Waals surface area contributed by atoms with E-state index in [2.05, 4.69) is 55.5 Å². The lowest BCUT2D eigenvalue weighted by molar-refractivity contribution is 0.154. The number of hydrogen-bond donors (Lipinski definition) is 1. The maximum Gasteiger partial charge on any atom is 0.0818 e. The third kappa shape index (κ3) is 2.71. The van der Waals surface area contributed by atoms with E-state index in [0.717, 1.165) is 12.0 Å². The lowest BCUT2D eigenvalue weighted by Crippen LogP contribution is -1.98. The standard InChI is InChI=1S/C18H20O/c1-2-13-3-5-14(6-4-13)15-7-9-16(10-8-15)18(19)17-11-12-17/h3-10,17-19H,2,11-12H2,1H3. The predicted molar refractivity (Wildman–Crippen MR) is 78.9 cm³/mol. The molecule has 1 atom stereocenters. The highest BCUT2D eigenvalue weighted by molar-refractivity contribution is 5.64. The van der Waals surface area contributed by atoms with Crippen LogP contribution in [0.2, 0.25) is 0 Å². The minimum Gasteiger partial charge on any atom is -0.388 e. The summed E-state index contributed by atoms with van der Waals surface area (Å²) < 4.78 is 0. The Hall–Kier alpha value is -1.60. The van der Waals surface area contributed by atoms with Gasteiger partial charge in [0.1, 0.15) is 0 Å². The van der Waals surface area contributed by atoms with Crippen LogP contribution in [-0.4, -0.2) is 5.11 Å². The van der Waals surface area contributed by atoms with Crippen molar-refractivity contribution in [1.29, 1.82) is 0 Å². The van der Waals surface area contributed by atoms with Crippen molar-refractivity contribution in [2.24, 2.45) is 5.92 Å². The van der Waals surface area contributed by atoms with Gasteiger partial charge < -0.3 is 5.11 Å². The van der Waals surface area contributed by atoms with Crippen LogP contribution in [0.25, 0.3) is 11.1 Å². The van der Waals surface area contributed by atoms with Crippen molar-refractivity contribution in [2.75, 3.05) is 0 Å². The molecular formula is C18H20O. The summed E-state index contributed by atoms with van der Waals surface area (Å²) in [6.45, 7) is 2.17. The van der Waals surface area contributed by atoms with Gasteiger partial charge in [-0.1, -0.05) is 55.5 Å². The summed E-state index contributed by atoms with van der Waals surface area (Å²) in [6.07, 6.45) is 3.15. The third-order valence-corrected chi connectivity index (χ3v) is 4.02. The first-order valence-electron chi connectivity index (χ1n) is 7.15. The summed E-state index contributed by atoms with van der Waals surface area (Å²) in [5.74, 6) is 0.495. The predicted octanol–water partition coefficient (Wildman–Crippen LogP) is 4.36. The van der Waals surface area contributed by atoms with E-state index >= 15 is 0 Å². The zero-order valence-electron chi connectivity index (χ0n) is 11.3. The normalized spacial score (nSPS) is 16.3. The van der Waals surface area contributed by atoms with Gasteiger partial charge in [0.25, 0.3) is 0 Å². The summed E-state index contributed by atoms with van der Waals surface area (Å²) in [7, 11) is 0. The van der Waals surface area contributed by atoms with Crippen LogP contribution in [0.4, 0.5) is 0 Å². The molecule has 1 heteroatoms. The molecule has 1 aliphatic rings. The second kappa shape index (κ2) is 5.18. The van der Waals surface area contributed by atoms with Gasteiger partial charge in [-0.05, 0) is 47.4 Å². The SMILES string of the molecule is CCc1ccc(-c2ccc(C(O)C3CC3)cc2)cc1. The lowest BCUT2D eigenvalue weighted by Gasteiger charge is -2.10. The fraction of sp³-hybridized carbons (Fsp3) is 0.333. The molecule has 98 valence electrons. The van der Waals surface area contributed by atoms with Crippen molar-refractivity contribution in [3.8, 4) is 11.1 Å². The maximum absolute atomic E-state index is 10.1. The molecule has 1 aliphatic carbocycles. The van der Waals surface area contributed by atoms with E-state index in [-0.39, 0.29) is 6.10 Å². The van der Waals surface area contributed by atoms with Crippen molar-refractivity contribution in [3.63, 3.8) is 0 Å². The van der Waals surface area contributed by atoms with Gasteiger partial charge in [0.15, 0.2) is 0 Å². The summed E-state index contributed by atoms with van der Waals surface area (Å²) in [4.78, 5) is 0. The zero-order valence-corrected chi connectivity index (χ0v) is 11.3. The van der Waals surface area contributed by atoms with Crippen molar-refractivity contribution in [1.82, 2.24) is 0 Å². The minimum atomic E-state index is -0.267. The number of hydrogen-bond acceptors (Lipinski definition) is 1. The first-order valence-corrected chi connectivity index (χ1v) is 7.15. The molecule has 1 nitrogen and oxygen atoms in total. The van der Waals surface area contributed by atoms with Crippen molar-refractivity contribution in [3.05, 3.63) is 59.7 Å². The fourth-order valence-corrected chi connectivity index (χ4v) is 2.49. The summed E-state index contributed by atoms with van der Waals surface area (Å²) in [5.41, 5.74) is 4.88. The molecular weight excluding hydrogens is 232 g/mol. The summed E-state index contributed by atoms with van der Waals surface area (Å²) in [5, 5.41) is 10.1. The van der Waals surface area contributed by atoms with Crippen molar-refractivity contribution < 1.29 is 5.11 Å². The molecule has 0 saturated heterocycles. The average molecular weight is 252 g/mol. The average Bonchev–Trinajstić information content (AvgIpc) is 3.31. The molecule has 0 amide bonds. The molecule has 2 aromatic rings. The minimum absolute atomic E-state index is 0.267. The summed E-state index contributed by atoms with van der Waals surface area (Å²) >= 11 is 0. The van der Waals surface area contributed by atoms with E-state index in [4.69, 9.17) is 0 Å². The highest BCUT2D eigenvalue weighted by Gasteiger charge is 2.30. The van der Waals surface area contributed by atoms with Crippen LogP contribution in [0.5, 0.6) is 0 Å². The van der Waals surface area contributed by atoms with Gasteiger partial charge in [-0.2, -0.15) is 0 Å². The lowest BCUT2D eigenvalue weighted by atomic mass is 9.99. The maximum atomic E-state index is 10.1. The molecule has 3 rings (SSSR count). The first-order chi connectivity index (χ1) is 9.28. The Bertz CT molecular complexity index is 535. The van der Waals surface area contributed by atoms with E-state index in [1.807, 2.05) is 0 Å². The van der Waals surface area contributed by atoms with Gasteiger partial charge in [0.05, 0.1) is 6.10 Å². The van der Waals surface area contributed by atoms with E-state index in [1.54, 1.807) is 0 Å². The smallest absolute Gasteiger partial charge is 0.0818 e. The Labute approximate surface area is 114 Å². The van der Waals surface area contributed by atoms with Gasteiger partial charge in [0.2, 0.25) is 0 Å². The Morgan fingerprint density at radius 3 is 1.95 bits per heavy atom. The number of benzene rings is 2. The number of aliphatic hydroxyl groups is 1. The quantitative estimate of drug-likeness (QED) is 0.857. The molecule has 1 unspecified atom stereocenters. The molecule has 0 aliphatic heterocycles. The van der Waals surface area contributed by atoms with Gasteiger partial charge in [-0.3, -0.25) is 0 Å². The van der Waals surface area contributed by atoms with Crippen LogP contribution in [0, 0.1) is 5.92 Å². The Morgan fingerprint density at radius 2 is 1.47 bits per heavy atom. The topological polar surface area (TPSA) is 20.2 Å². The van der Waals surface area contributed by atoms with Gasteiger partial charge in [-0.15, -0.1) is 0 Å².